The normalized spacial score (nSPS) is 18.2. The van der Waals surface area contributed by atoms with Crippen LogP contribution in [0.4, 0.5) is 5.69 Å². The Morgan fingerprint density at radius 1 is 1.37 bits per heavy atom. The molecule has 0 fully saturated rings. The number of aryl methyl sites for hydroxylation is 2. The van der Waals surface area contributed by atoms with Crippen LogP contribution in [0.2, 0.25) is 0 Å². The Kier molecular flexibility index (Phi) is 4.19. The maximum Gasteiger partial charge on any atom is 0.0660 e. The van der Waals surface area contributed by atoms with E-state index in [-0.39, 0.29) is 0 Å². The first-order valence-electron chi connectivity index (χ1n) is 6.44. The molecule has 3 rings (SSSR count). The zero-order valence-corrected chi connectivity index (χ0v) is 15.2. The molecule has 0 radical (unpaired) electrons. The molecule has 1 heterocycles. The Balaban J connectivity index is 1.90. The van der Waals surface area contributed by atoms with Crippen molar-refractivity contribution in [1.82, 2.24) is 0 Å². The van der Waals surface area contributed by atoms with Crippen LogP contribution in [0.15, 0.2) is 28.7 Å². The summed E-state index contributed by atoms with van der Waals surface area (Å²) in [5.41, 5.74) is 4.01. The van der Waals surface area contributed by atoms with Crippen LogP contribution in [0.25, 0.3) is 0 Å². The number of hydrogen-bond donors (Lipinski definition) is 1. The molecule has 1 atom stereocenters. The maximum atomic E-state index is 3.72. The standard InChI is InChI=1S/C15H15BrINS/c1-9-5-6-11(16)13(7-9)18-12-3-2-4-14-10(12)8-15(17)19-14/h5-8,12,18H,2-4H2,1H3. The molecule has 1 aliphatic rings. The zero-order valence-electron chi connectivity index (χ0n) is 10.7. The zero-order chi connectivity index (χ0) is 13.4. The highest BCUT2D eigenvalue weighted by Crippen LogP contribution is 2.39. The Bertz CT molecular complexity index is 608. The third-order valence-electron chi connectivity index (χ3n) is 3.54. The first kappa shape index (κ1) is 13.9. The molecule has 1 N–H and O–H groups in total. The molecular formula is C15H15BrINS. The van der Waals surface area contributed by atoms with E-state index >= 15 is 0 Å². The summed E-state index contributed by atoms with van der Waals surface area (Å²) in [5, 5.41) is 3.72. The average molecular weight is 448 g/mol. The van der Waals surface area contributed by atoms with Gasteiger partial charge >= 0.3 is 0 Å². The second-order valence-electron chi connectivity index (χ2n) is 5.00. The molecule has 100 valence electrons. The van der Waals surface area contributed by atoms with Gasteiger partial charge in [0, 0.05) is 15.0 Å². The molecule has 0 bridgehead atoms. The Morgan fingerprint density at radius 2 is 2.21 bits per heavy atom. The minimum atomic E-state index is 0.460. The van der Waals surface area contributed by atoms with Crippen molar-refractivity contribution >= 4 is 55.5 Å². The Hall–Kier alpha value is -0.0700. The predicted molar refractivity (Wildman–Crippen MR) is 95.2 cm³/mol. The molecule has 0 saturated carbocycles. The van der Waals surface area contributed by atoms with Gasteiger partial charge in [0.05, 0.1) is 8.93 Å². The highest BCUT2D eigenvalue weighted by Gasteiger charge is 2.22. The molecule has 1 nitrogen and oxygen atoms in total. The van der Waals surface area contributed by atoms with Crippen molar-refractivity contribution in [3.63, 3.8) is 0 Å². The quantitative estimate of drug-likeness (QED) is 0.564. The number of hydrogen-bond acceptors (Lipinski definition) is 2. The third-order valence-corrected chi connectivity index (χ3v) is 6.20. The SMILES string of the molecule is Cc1ccc(Br)c(NC2CCCc3sc(I)cc32)c1. The van der Waals surface area contributed by atoms with E-state index in [9.17, 15) is 0 Å². The lowest BCUT2D eigenvalue weighted by Gasteiger charge is -2.25. The first-order valence-corrected chi connectivity index (χ1v) is 9.13. The molecule has 1 aliphatic carbocycles. The van der Waals surface area contributed by atoms with E-state index in [1.165, 1.54) is 39.0 Å². The van der Waals surface area contributed by atoms with Crippen LogP contribution in [-0.4, -0.2) is 0 Å². The van der Waals surface area contributed by atoms with E-state index in [1.807, 2.05) is 11.3 Å². The molecule has 19 heavy (non-hydrogen) atoms. The van der Waals surface area contributed by atoms with Gasteiger partial charge in [-0.1, -0.05) is 6.07 Å². The predicted octanol–water partition coefficient (Wildman–Crippen LogP) is 5.91. The largest absolute Gasteiger partial charge is 0.377 e. The molecular weight excluding hydrogens is 433 g/mol. The summed E-state index contributed by atoms with van der Waals surface area (Å²) in [6.45, 7) is 2.14. The van der Waals surface area contributed by atoms with E-state index in [1.54, 1.807) is 4.88 Å². The van der Waals surface area contributed by atoms with Crippen LogP contribution in [0, 0.1) is 9.81 Å². The smallest absolute Gasteiger partial charge is 0.0660 e. The summed E-state index contributed by atoms with van der Waals surface area (Å²) < 4.78 is 2.55. The van der Waals surface area contributed by atoms with Crippen molar-refractivity contribution in [3.8, 4) is 0 Å². The first-order chi connectivity index (χ1) is 9.13. The minimum Gasteiger partial charge on any atom is -0.377 e. The monoisotopic (exact) mass is 447 g/mol. The fourth-order valence-electron chi connectivity index (χ4n) is 2.61. The molecule has 0 spiro atoms. The van der Waals surface area contributed by atoms with Crippen molar-refractivity contribution in [3.05, 3.63) is 47.6 Å². The van der Waals surface area contributed by atoms with Gasteiger partial charge in [-0.15, -0.1) is 11.3 Å². The Labute approximate surface area is 140 Å². The topological polar surface area (TPSA) is 12.0 Å². The van der Waals surface area contributed by atoms with Crippen LogP contribution in [0.1, 0.15) is 34.9 Å². The van der Waals surface area contributed by atoms with Crippen LogP contribution >= 0.6 is 49.9 Å². The highest BCUT2D eigenvalue weighted by atomic mass is 127. The molecule has 1 unspecified atom stereocenters. The number of halogens is 2. The number of nitrogens with one attached hydrogen (secondary N) is 1. The summed E-state index contributed by atoms with van der Waals surface area (Å²) in [6, 6.07) is 9.28. The molecule has 1 aromatic heterocycles. The van der Waals surface area contributed by atoms with Crippen molar-refractivity contribution in [2.45, 2.75) is 32.2 Å². The second kappa shape index (κ2) is 5.74. The summed E-state index contributed by atoms with van der Waals surface area (Å²) >= 11 is 8.02. The summed E-state index contributed by atoms with van der Waals surface area (Å²) in [4.78, 5) is 1.57. The number of fused-ring (bicyclic) bond motifs is 1. The van der Waals surface area contributed by atoms with Crippen molar-refractivity contribution in [2.24, 2.45) is 0 Å². The average Bonchev–Trinajstić information content (AvgIpc) is 2.75. The van der Waals surface area contributed by atoms with Crippen LogP contribution < -0.4 is 5.32 Å². The molecule has 0 saturated heterocycles. The van der Waals surface area contributed by atoms with Crippen LogP contribution in [-0.2, 0) is 6.42 Å². The van der Waals surface area contributed by atoms with E-state index in [0.717, 1.165) is 4.47 Å². The van der Waals surface area contributed by atoms with Crippen molar-refractivity contribution in [1.29, 1.82) is 0 Å². The van der Waals surface area contributed by atoms with Gasteiger partial charge in [0.2, 0.25) is 0 Å². The number of anilines is 1. The fraction of sp³-hybridized carbons (Fsp3) is 0.333. The minimum absolute atomic E-state index is 0.460. The lowest BCUT2D eigenvalue weighted by molar-refractivity contribution is 0.608. The van der Waals surface area contributed by atoms with Crippen LogP contribution in [0.5, 0.6) is 0 Å². The molecule has 0 amide bonds. The summed E-state index contributed by atoms with van der Waals surface area (Å²) in [5.74, 6) is 0. The van der Waals surface area contributed by atoms with Gasteiger partial charge in [0.25, 0.3) is 0 Å². The maximum absolute atomic E-state index is 3.72. The number of thiophene rings is 1. The second-order valence-corrected chi connectivity index (χ2v) is 8.89. The van der Waals surface area contributed by atoms with E-state index < -0.39 is 0 Å². The lowest BCUT2D eigenvalue weighted by atomic mass is 9.94. The highest BCUT2D eigenvalue weighted by molar-refractivity contribution is 14.1. The number of rotatable bonds is 2. The van der Waals surface area contributed by atoms with E-state index in [2.05, 4.69) is 75.0 Å². The number of benzene rings is 1. The van der Waals surface area contributed by atoms with Gasteiger partial charge in [-0.3, -0.25) is 0 Å². The van der Waals surface area contributed by atoms with Crippen LogP contribution in [0.3, 0.4) is 0 Å². The molecule has 0 aliphatic heterocycles. The van der Waals surface area contributed by atoms with Gasteiger partial charge in [-0.25, -0.2) is 0 Å². The van der Waals surface area contributed by atoms with Gasteiger partial charge in [0.1, 0.15) is 0 Å². The van der Waals surface area contributed by atoms with Gasteiger partial charge in [0.15, 0.2) is 0 Å². The summed E-state index contributed by atoms with van der Waals surface area (Å²) in [6.07, 6.45) is 3.75. The molecule has 2 aromatic rings. The Morgan fingerprint density at radius 3 is 3.05 bits per heavy atom. The third kappa shape index (κ3) is 3.00. The fourth-order valence-corrected chi connectivity index (χ4v) is 5.09. The lowest BCUT2D eigenvalue weighted by Crippen LogP contribution is -2.15. The van der Waals surface area contributed by atoms with Crippen molar-refractivity contribution < 1.29 is 0 Å². The van der Waals surface area contributed by atoms with Crippen molar-refractivity contribution in [2.75, 3.05) is 5.32 Å². The van der Waals surface area contributed by atoms with Gasteiger partial charge < -0.3 is 5.32 Å². The molecule has 4 heteroatoms. The van der Waals surface area contributed by atoms with E-state index in [0.29, 0.717) is 6.04 Å². The molecule has 1 aromatic carbocycles. The summed E-state index contributed by atoms with van der Waals surface area (Å²) in [7, 11) is 0. The van der Waals surface area contributed by atoms with Gasteiger partial charge in [-0.2, -0.15) is 0 Å². The van der Waals surface area contributed by atoms with E-state index in [4.69, 9.17) is 0 Å². The van der Waals surface area contributed by atoms with Gasteiger partial charge in [-0.05, 0) is 94.0 Å².